The predicted octanol–water partition coefficient (Wildman–Crippen LogP) is 3.90. The molecule has 0 aliphatic rings. The number of rotatable bonds is 4. The van der Waals surface area contributed by atoms with Crippen molar-refractivity contribution in [3.63, 3.8) is 0 Å². The Hall–Kier alpha value is -3.32. The molecule has 0 fully saturated rings. The van der Waals surface area contributed by atoms with Crippen LogP contribution in [0.3, 0.4) is 0 Å². The van der Waals surface area contributed by atoms with Gasteiger partial charge < -0.3 is 5.32 Å². The quantitative estimate of drug-likeness (QED) is 0.585. The van der Waals surface area contributed by atoms with Crippen LogP contribution in [0, 0.1) is 5.82 Å². The standard InChI is InChI=1S/C20H14FN3O2S/c21-15-8-4-5-9-16(15)23-18(25)11-24-12-22-19-14(20(24)26)10-17(27-19)13-6-2-1-3-7-13/h1-10,12H,11H2,(H,23,25). The molecule has 5 nitrogen and oxygen atoms in total. The number of para-hydroxylation sites is 1. The first-order chi connectivity index (χ1) is 13.1. The normalized spacial score (nSPS) is 10.9. The van der Waals surface area contributed by atoms with Crippen molar-refractivity contribution < 1.29 is 9.18 Å². The summed E-state index contributed by atoms with van der Waals surface area (Å²) in [7, 11) is 0. The highest BCUT2D eigenvalue weighted by Gasteiger charge is 2.13. The third kappa shape index (κ3) is 3.50. The second-order valence-corrected chi connectivity index (χ2v) is 6.93. The molecule has 0 saturated carbocycles. The van der Waals surface area contributed by atoms with Crippen molar-refractivity contribution in [1.29, 1.82) is 0 Å². The molecule has 0 bridgehead atoms. The molecule has 2 aromatic heterocycles. The second-order valence-electron chi connectivity index (χ2n) is 5.90. The molecule has 134 valence electrons. The fourth-order valence-electron chi connectivity index (χ4n) is 2.72. The fourth-order valence-corrected chi connectivity index (χ4v) is 3.72. The Kier molecular flexibility index (Phi) is 4.52. The van der Waals surface area contributed by atoms with Gasteiger partial charge in [0.05, 0.1) is 17.4 Å². The second kappa shape index (κ2) is 7.13. The van der Waals surface area contributed by atoms with Gasteiger partial charge in [-0.3, -0.25) is 14.2 Å². The number of amides is 1. The molecule has 0 spiro atoms. The van der Waals surface area contributed by atoms with Crippen molar-refractivity contribution in [2.75, 3.05) is 5.32 Å². The van der Waals surface area contributed by atoms with E-state index in [2.05, 4.69) is 10.3 Å². The summed E-state index contributed by atoms with van der Waals surface area (Å²) in [6, 6.07) is 17.4. The van der Waals surface area contributed by atoms with Crippen LogP contribution in [-0.4, -0.2) is 15.5 Å². The van der Waals surface area contributed by atoms with Crippen molar-refractivity contribution in [3.05, 3.63) is 83.2 Å². The third-order valence-corrected chi connectivity index (χ3v) is 5.13. The Morgan fingerprint density at radius 1 is 1.11 bits per heavy atom. The number of carbonyl (C=O) groups excluding carboxylic acids is 1. The van der Waals surface area contributed by atoms with E-state index in [1.54, 1.807) is 12.1 Å². The summed E-state index contributed by atoms with van der Waals surface area (Å²) < 4.78 is 14.9. The van der Waals surface area contributed by atoms with Gasteiger partial charge in [0.15, 0.2) is 0 Å². The minimum absolute atomic E-state index is 0.0754. The highest BCUT2D eigenvalue weighted by atomic mass is 32.1. The van der Waals surface area contributed by atoms with Gasteiger partial charge in [0.1, 0.15) is 17.2 Å². The van der Waals surface area contributed by atoms with Crippen molar-refractivity contribution in [1.82, 2.24) is 9.55 Å². The lowest BCUT2D eigenvalue weighted by atomic mass is 10.2. The number of benzene rings is 2. The summed E-state index contributed by atoms with van der Waals surface area (Å²) in [6.07, 6.45) is 1.34. The van der Waals surface area contributed by atoms with Crippen LogP contribution in [0.4, 0.5) is 10.1 Å². The van der Waals surface area contributed by atoms with Crippen LogP contribution in [-0.2, 0) is 11.3 Å². The molecule has 7 heteroatoms. The highest BCUT2D eigenvalue weighted by molar-refractivity contribution is 7.21. The maximum atomic E-state index is 13.6. The van der Waals surface area contributed by atoms with E-state index in [0.717, 1.165) is 10.4 Å². The van der Waals surface area contributed by atoms with E-state index >= 15 is 0 Å². The molecule has 0 unspecified atom stereocenters. The number of hydrogen-bond acceptors (Lipinski definition) is 4. The molecule has 1 amide bonds. The molecule has 0 saturated heterocycles. The monoisotopic (exact) mass is 379 g/mol. The zero-order valence-corrected chi connectivity index (χ0v) is 14.9. The predicted molar refractivity (Wildman–Crippen MR) is 104 cm³/mol. The first-order valence-corrected chi connectivity index (χ1v) is 9.02. The van der Waals surface area contributed by atoms with Crippen molar-refractivity contribution in [2.24, 2.45) is 0 Å². The average molecular weight is 379 g/mol. The van der Waals surface area contributed by atoms with Crippen LogP contribution in [0.5, 0.6) is 0 Å². The van der Waals surface area contributed by atoms with E-state index in [-0.39, 0.29) is 17.8 Å². The number of thiophene rings is 1. The van der Waals surface area contributed by atoms with E-state index in [0.29, 0.717) is 10.2 Å². The zero-order valence-electron chi connectivity index (χ0n) is 14.1. The Morgan fingerprint density at radius 3 is 2.63 bits per heavy atom. The van der Waals surface area contributed by atoms with Crippen LogP contribution in [0.25, 0.3) is 20.7 Å². The zero-order chi connectivity index (χ0) is 18.8. The van der Waals surface area contributed by atoms with Gasteiger partial charge in [0, 0.05) is 4.88 Å². The van der Waals surface area contributed by atoms with Gasteiger partial charge in [-0.15, -0.1) is 11.3 Å². The molecule has 0 radical (unpaired) electrons. The number of halogens is 1. The summed E-state index contributed by atoms with van der Waals surface area (Å²) >= 11 is 1.42. The molecule has 4 aromatic rings. The van der Waals surface area contributed by atoms with E-state index < -0.39 is 11.7 Å². The number of anilines is 1. The first kappa shape index (κ1) is 17.1. The van der Waals surface area contributed by atoms with Crippen LogP contribution in [0.15, 0.2) is 71.8 Å². The molecular weight excluding hydrogens is 365 g/mol. The molecular formula is C20H14FN3O2S. The Labute approximate surface area is 157 Å². The number of fused-ring (bicyclic) bond motifs is 1. The first-order valence-electron chi connectivity index (χ1n) is 8.20. The lowest BCUT2D eigenvalue weighted by molar-refractivity contribution is -0.116. The van der Waals surface area contributed by atoms with Gasteiger partial charge in [-0.25, -0.2) is 9.37 Å². The van der Waals surface area contributed by atoms with Gasteiger partial charge in [-0.05, 0) is 23.8 Å². The Morgan fingerprint density at radius 2 is 1.85 bits per heavy atom. The van der Waals surface area contributed by atoms with Crippen molar-refractivity contribution in [3.8, 4) is 10.4 Å². The van der Waals surface area contributed by atoms with Crippen LogP contribution in [0.1, 0.15) is 0 Å². The largest absolute Gasteiger partial charge is 0.322 e. The molecule has 2 heterocycles. The van der Waals surface area contributed by atoms with Gasteiger partial charge in [0.2, 0.25) is 5.91 Å². The Bertz CT molecular complexity index is 1180. The molecule has 4 rings (SSSR count). The van der Waals surface area contributed by atoms with E-state index in [1.165, 1.54) is 40.4 Å². The average Bonchev–Trinajstić information content (AvgIpc) is 3.12. The van der Waals surface area contributed by atoms with E-state index in [1.807, 2.05) is 30.3 Å². The van der Waals surface area contributed by atoms with E-state index in [9.17, 15) is 14.0 Å². The van der Waals surface area contributed by atoms with Crippen LogP contribution < -0.4 is 10.9 Å². The summed E-state index contributed by atoms with van der Waals surface area (Å²) in [6.45, 7) is -0.243. The molecule has 0 aliphatic heterocycles. The van der Waals surface area contributed by atoms with Gasteiger partial charge in [0.25, 0.3) is 5.56 Å². The van der Waals surface area contributed by atoms with Gasteiger partial charge >= 0.3 is 0 Å². The SMILES string of the molecule is O=C(Cn1cnc2sc(-c3ccccc3)cc2c1=O)Nc1ccccc1F. The van der Waals surface area contributed by atoms with Gasteiger partial charge in [-0.1, -0.05) is 42.5 Å². The van der Waals surface area contributed by atoms with Crippen LogP contribution in [0.2, 0.25) is 0 Å². The summed E-state index contributed by atoms with van der Waals surface area (Å²) in [5.74, 6) is -1.03. The maximum absolute atomic E-state index is 13.6. The summed E-state index contributed by atoms with van der Waals surface area (Å²) in [4.78, 5) is 30.7. The number of carbonyl (C=O) groups is 1. The molecule has 0 aliphatic carbocycles. The highest BCUT2D eigenvalue weighted by Crippen LogP contribution is 2.30. The maximum Gasteiger partial charge on any atom is 0.262 e. The smallest absolute Gasteiger partial charge is 0.262 e. The minimum atomic E-state index is -0.530. The van der Waals surface area contributed by atoms with Gasteiger partial charge in [-0.2, -0.15) is 0 Å². The molecule has 0 atom stereocenters. The Balaban J connectivity index is 1.61. The molecule has 2 aromatic carbocycles. The number of aromatic nitrogens is 2. The van der Waals surface area contributed by atoms with Crippen molar-refractivity contribution >= 4 is 33.1 Å². The number of nitrogens with one attached hydrogen (secondary N) is 1. The topological polar surface area (TPSA) is 64.0 Å². The lowest BCUT2D eigenvalue weighted by Gasteiger charge is -2.07. The fraction of sp³-hybridized carbons (Fsp3) is 0.0500. The number of nitrogens with zero attached hydrogens (tertiary/aromatic N) is 2. The third-order valence-electron chi connectivity index (χ3n) is 4.04. The minimum Gasteiger partial charge on any atom is -0.322 e. The molecule has 1 N–H and O–H groups in total. The number of hydrogen-bond donors (Lipinski definition) is 1. The summed E-state index contributed by atoms with van der Waals surface area (Å²) in [5, 5.41) is 2.92. The summed E-state index contributed by atoms with van der Waals surface area (Å²) in [5.41, 5.74) is 0.775. The van der Waals surface area contributed by atoms with E-state index in [4.69, 9.17) is 0 Å². The molecule has 27 heavy (non-hydrogen) atoms. The van der Waals surface area contributed by atoms with Crippen LogP contribution >= 0.6 is 11.3 Å². The van der Waals surface area contributed by atoms with Crippen molar-refractivity contribution in [2.45, 2.75) is 6.54 Å². The lowest BCUT2D eigenvalue weighted by Crippen LogP contribution is -2.27.